The van der Waals surface area contributed by atoms with Gasteiger partial charge in [-0.25, -0.2) is 0 Å². The van der Waals surface area contributed by atoms with E-state index in [1.165, 1.54) is 10.9 Å². The molecular formula is C23H34N4O2. The van der Waals surface area contributed by atoms with Crippen molar-refractivity contribution in [3.63, 3.8) is 0 Å². The van der Waals surface area contributed by atoms with E-state index in [0.29, 0.717) is 12.0 Å². The molecule has 2 aliphatic heterocycles. The number of nitrogens with one attached hydrogen (secondary N) is 1. The number of hydrogen-bond donors (Lipinski definition) is 2. The molecule has 0 saturated carbocycles. The molecule has 3 heterocycles. The molecule has 2 aromatic rings. The van der Waals surface area contributed by atoms with E-state index in [1.54, 1.807) is 0 Å². The lowest BCUT2D eigenvalue weighted by molar-refractivity contribution is 0.0651. The highest BCUT2D eigenvalue weighted by molar-refractivity contribution is 5.98. The molecule has 4 rings (SSSR count). The van der Waals surface area contributed by atoms with Gasteiger partial charge in [0.15, 0.2) is 0 Å². The number of carbonyl (C=O) groups excluding carboxylic acids is 1. The fraction of sp³-hybridized carbons (Fsp3) is 0.609. The minimum Gasteiger partial charge on any atom is -0.396 e. The standard InChI is InChI=1S/C23H34N4O2/c1-17(2)26-11-9-25(10-12-26)15-20-14-24-22-13-19(3-4-21(20)22)23(29)27-7-5-18(16-28)6-8-27/h3-4,13-14,17-18,24,28H,5-12,15-16H2,1-2H3. The first kappa shape index (κ1) is 20.4. The molecule has 0 radical (unpaired) electrons. The first-order valence-corrected chi connectivity index (χ1v) is 11.0. The van der Waals surface area contributed by atoms with Crippen LogP contribution in [0.1, 0.15) is 42.6 Å². The highest BCUT2D eigenvalue weighted by atomic mass is 16.3. The number of piperidine rings is 1. The molecule has 1 aromatic heterocycles. The zero-order valence-electron chi connectivity index (χ0n) is 17.7. The number of benzene rings is 1. The summed E-state index contributed by atoms with van der Waals surface area (Å²) in [7, 11) is 0. The predicted octanol–water partition coefficient (Wildman–Crippen LogP) is 2.54. The lowest BCUT2D eigenvalue weighted by Gasteiger charge is -2.36. The topological polar surface area (TPSA) is 62.8 Å². The summed E-state index contributed by atoms with van der Waals surface area (Å²) in [6.07, 6.45) is 3.88. The number of fused-ring (bicyclic) bond motifs is 1. The lowest BCUT2D eigenvalue weighted by Crippen LogP contribution is -2.48. The molecule has 0 atom stereocenters. The van der Waals surface area contributed by atoms with Crippen LogP contribution in [-0.4, -0.2) is 82.6 Å². The first-order valence-electron chi connectivity index (χ1n) is 11.0. The van der Waals surface area contributed by atoms with Gasteiger partial charge in [-0.3, -0.25) is 14.6 Å². The number of H-pyrrole nitrogens is 1. The third kappa shape index (κ3) is 4.49. The predicted molar refractivity (Wildman–Crippen MR) is 116 cm³/mol. The van der Waals surface area contributed by atoms with Gasteiger partial charge in [-0.15, -0.1) is 0 Å². The number of rotatable bonds is 5. The van der Waals surface area contributed by atoms with E-state index in [0.717, 1.165) is 69.7 Å². The number of piperazine rings is 1. The molecule has 6 heteroatoms. The van der Waals surface area contributed by atoms with E-state index < -0.39 is 0 Å². The van der Waals surface area contributed by atoms with Crippen LogP contribution in [0.4, 0.5) is 0 Å². The highest BCUT2D eigenvalue weighted by Crippen LogP contribution is 2.24. The number of hydrogen-bond acceptors (Lipinski definition) is 4. The summed E-state index contributed by atoms with van der Waals surface area (Å²) in [5.74, 6) is 0.444. The maximum atomic E-state index is 12.9. The summed E-state index contributed by atoms with van der Waals surface area (Å²) in [6.45, 7) is 11.7. The maximum absolute atomic E-state index is 12.9. The Labute approximate surface area is 173 Å². The second kappa shape index (κ2) is 8.86. The van der Waals surface area contributed by atoms with Gasteiger partial charge in [0.1, 0.15) is 0 Å². The molecule has 1 aromatic carbocycles. The summed E-state index contributed by atoms with van der Waals surface area (Å²) in [6, 6.07) is 6.68. The number of nitrogens with zero attached hydrogens (tertiary/aromatic N) is 3. The Kier molecular flexibility index (Phi) is 6.23. The third-order valence-electron chi connectivity index (χ3n) is 6.71. The summed E-state index contributed by atoms with van der Waals surface area (Å²) in [5, 5.41) is 10.5. The van der Waals surface area contributed by atoms with Crippen molar-refractivity contribution in [3.05, 3.63) is 35.5 Å². The first-order chi connectivity index (χ1) is 14.0. The Bertz CT molecular complexity index is 831. The van der Waals surface area contributed by atoms with Crippen molar-refractivity contribution < 1.29 is 9.90 Å². The van der Waals surface area contributed by atoms with Gasteiger partial charge < -0.3 is 15.0 Å². The number of aliphatic hydroxyl groups excluding tert-OH is 1. The van der Waals surface area contributed by atoms with Crippen LogP contribution < -0.4 is 0 Å². The van der Waals surface area contributed by atoms with Gasteiger partial charge in [0, 0.05) is 81.1 Å². The van der Waals surface area contributed by atoms with Gasteiger partial charge in [0.25, 0.3) is 5.91 Å². The maximum Gasteiger partial charge on any atom is 0.253 e. The Balaban J connectivity index is 1.41. The van der Waals surface area contributed by atoms with Crippen molar-refractivity contribution in [1.29, 1.82) is 0 Å². The number of aromatic nitrogens is 1. The van der Waals surface area contributed by atoms with Gasteiger partial charge in [-0.2, -0.15) is 0 Å². The van der Waals surface area contributed by atoms with Crippen molar-refractivity contribution in [2.24, 2.45) is 5.92 Å². The van der Waals surface area contributed by atoms with Gasteiger partial charge in [-0.1, -0.05) is 6.07 Å². The zero-order valence-corrected chi connectivity index (χ0v) is 17.7. The fourth-order valence-corrected chi connectivity index (χ4v) is 4.63. The van der Waals surface area contributed by atoms with Crippen molar-refractivity contribution >= 4 is 16.8 Å². The smallest absolute Gasteiger partial charge is 0.253 e. The van der Waals surface area contributed by atoms with E-state index in [2.05, 4.69) is 40.9 Å². The molecule has 2 aliphatic rings. The molecular weight excluding hydrogens is 364 g/mol. The summed E-state index contributed by atoms with van der Waals surface area (Å²) in [5.41, 5.74) is 3.09. The van der Waals surface area contributed by atoms with Crippen molar-refractivity contribution in [2.45, 2.75) is 39.3 Å². The molecule has 29 heavy (non-hydrogen) atoms. The SMILES string of the molecule is CC(C)N1CCN(Cc2c[nH]c3cc(C(=O)N4CCC(CO)CC4)ccc23)CC1. The second-order valence-corrected chi connectivity index (χ2v) is 8.90. The van der Waals surface area contributed by atoms with Crippen molar-refractivity contribution in [1.82, 2.24) is 19.7 Å². The largest absolute Gasteiger partial charge is 0.396 e. The molecule has 0 bridgehead atoms. The average Bonchev–Trinajstić information content (AvgIpc) is 3.15. The summed E-state index contributed by atoms with van der Waals surface area (Å²) < 4.78 is 0. The number of aromatic amines is 1. The second-order valence-electron chi connectivity index (χ2n) is 8.90. The quantitative estimate of drug-likeness (QED) is 0.813. The average molecular weight is 399 g/mol. The van der Waals surface area contributed by atoms with Crippen LogP contribution in [0, 0.1) is 5.92 Å². The van der Waals surface area contributed by atoms with Crippen LogP contribution in [0.15, 0.2) is 24.4 Å². The number of carbonyl (C=O) groups is 1. The molecule has 158 valence electrons. The summed E-state index contributed by atoms with van der Waals surface area (Å²) in [4.78, 5) is 23.2. The monoisotopic (exact) mass is 398 g/mol. The summed E-state index contributed by atoms with van der Waals surface area (Å²) >= 11 is 0. The number of amides is 1. The van der Waals surface area contributed by atoms with Crippen LogP contribution in [-0.2, 0) is 6.54 Å². The van der Waals surface area contributed by atoms with E-state index in [1.807, 2.05) is 17.0 Å². The molecule has 2 saturated heterocycles. The molecule has 0 aliphatic carbocycles. The molecule has 0 unspecified atom stereocenters. The lowest BCUT2D eigenvalue weighted by atomic mass is 9.97. The van der Waals surface area contributed by atoms with Crippen LogP contribution in [0.2, 0.25) is 0 Å². The number of aliphatic hydroxyl groups is 1. The highest BCUT2D eigenvalue weighted by Gasteiger charge is 2.24. The normalized spacial score (nSPS) is 20.1. The van der Waals surface area contributed by atoms with Crippen molar-refractivity contribution in [2.75, 3.05) is 45.9 Å². The molecule has 0 spiro atoms. The number of likely N-dealkylation sites (tertiary alicyclic amines) is 1. The van der Waals surface area contributed by atoms with Gasteiger partial charge in [0.2, 0.25) is 0 Å². The molecule has 1 amide bonds. The van der Waals surface area contributed by atoms with Crippen molar-refractivity contribution in [3.8, 4) is 0 Å². The zero-order chi connectivity index (χ0) is 20.4. The third-order valence-corrected chi connectivity index (χ3v) is 6.71. The van der Waals surface area contributed by atoms with E-state index >= 15 is 0 Å². The van der Waals surface area contributed by atoms with Crippen LogP contribution >= 0.6 is 0 Å². The van der Waals surface area contributed by atoms with Gasteiger partial charge in [-0.05, 0) is 50.3 Å². The fourth-order valence-electron chi connectivity index (χ4n) is 4.63. The van der Waals surface area contributed by atoms with Crippen LogP contribution in [0.3, 0.4) is 0 Å². The minimum absolute atomic E-state index is 0.101. The van der Waals surface area contributed by atoms with Gasteiger partial charge >= 0.3 is 0 Å². The van der Waals surface area contributed by atoms with E-state index in [4.69, 9.17) is 0 Å². The van der Waals surface area contributed by atoms with E-state index in [9.17, 15) is 9.90 Å². The minimum atomic E-state index is 0.101. The Morgan fingerprint density at radius 3 is 2.52 bits per heavy atom. The van der Waals surface area contributed by atoms with Gasteiger partial charge in [0.05, 0.1) is 0 Å². The molecule has 6 nitrogen and oxygen atoms in total. The van der Waals surface area contributed by atoms with Crippen LogP contribution in [0.5, 0.6) is 0 Å². The van der Waals surface area contributed by atoms with Crippen LogP contribution in [0.25, 0.3) is 10.9 Å². The Morgan fingerprint density at radius 2 is 1.86 bits per heavy atom. The molecule has 2 fully saturated rings. The Morgan fingerprint density at radius 1 is 1.14 bits per heavy atom. The van der Waals surface area contributed by atoms with E-state index in [-0.39, 0.29) is 12.5 Å². The Hall–Kier alpha value is -1.89. The molecule has 2 N–H and O–H groups in total.